The highest BCUT2D eigenvalue weighted by Crippen LogP contribution is 2.25. The molecule has 1 aromatic rings. The summed E-state index contributed by atoms with van der Waals surface area (Å²) in [7, 11) is 0. The van der Waals surface area contributed by atoms with Crippen molar-refractivity contribution in [3.8, 4) is 11.5 Å². The number of benzene rings is 1. The highest BCUT2D eigenvalue weighted by atomic mass is 19.4. The molecule has 0 radical (unpaired) electrons. The minimum atomic E-state index is -4.76. The van der Waals surface area contributed by atoms with Gasteiger partial charge in [-0.3, -0.25) is 14.5 Å². The van der Waals surface area contributed by atoms with E-state index in [0.29, 0.717) is 32.7 Å². The van der Waals surface area contributed by atoms with Gasteiger partial charge in [-0.2, -0.15) is 0 Å². The third kappa shape index (κ3) is 7.50. The Morgan fingerprint density at radius 1 is 0.879 bits per heavy atom. The molecule has 0 saturated carbocycles. The molecule has 11 heteroatoms. The molecule has 184 valence electrons. The number of nitrogens with zero attached hydrogens (tertiary/aromatic N) is 4. The van der Waals surface area contributed by atoms with E-state index in [-0.39, 0.29) is 23.3 Å². The van der Waals surface area contributed by atoms with Crippen molar-refractivity contribution in [3.63, 3.8) is 0 Å². The summed E-state index contributed by atoms with van der Waals surface area (Å²) in [5, 5.41) is 0. The van der Waals surface area contributed by atoms with Crippen LogP contribution in [0.5, 0.6) is 11.5 Å². The van der Waals surface area contributed by atoms with Crippen LogP contribution < -0.4 is 9.47 Å². The number of carbonyl (C=O) groups excluding carboxylic acids is 2. The van der Waals surface area contributed by atoms with Crippen molar-refractivity contribution in [2.75, 3.05) is 65.4 Å². The smallest absolute Gasteiger partial charge is 0.481 e. The Labute approximate surface area is 191 Å². The summed E-state index contributed by atoms with van der Waals surface area (Å²) in [6.45, 7) is 10.6. The summed E-state index contributed by atoms with van der Waals surface area (Å²) < 4.78 is 46.2. The van der Waals surface area contributed by atoms with Crippen molar-refractivity contribution in [2.24, 2.45) is 0 Å². The number of amides is 2. The normalized spacial score (nSPS) is 19.3. The fourth-order valence-corrected chi connectivity index (χ4v) is 3.96. The van der Waals surface area contributed by atoms with Gasteiger partial charge in [-0.05, 0) is 37.7 Å². The summed E-state index contributed by atoms with van der Waals surface area (Å²) >= 11 is 0. The SMILES string of the molecule is CCN1CCN(C(=O)CN2CCN(C(=O)C(C)Oc3ccc(OC(F)(F)F)cc3)CC2)CC1. The lowest BCUT2D eigenvalue weighted by atomic mass is 10.2. The van der Waals surface area contributed by atoms with Crippen LogP contribution in [0.15, 0.2) is 24.3 Å². The second-order valence-corrected chi connectivity index (χ2v) is 8.20. The van der Waals surface area contributed by atoms with Crippen LogP contribution in [0.2, 0.25) is 0 Å². The van der Waals surface area contributed by atoms with Crippen LogP contribution in [0.1, 0.15) is 13.8 Å². The van der Waals surface area contributed by atoms with E-state index in [2.05, 4.69) is 21.5 Å². The molecule has 3 rings (SSSR count). The van der Waals surface area contributed by atoms with Crippen molar-refractivity contribution in [2.45, 2.75) is 26.3 Å². The standard InChI is InChI=1S/C22H31F3N4O4/c1-3-26-8-12-28(13-9-26)20(30)16-27-10-14-29(15-11-27)21(31)17(2)32-18-4-6-19(7-5-18)33-22(23,24)25/h4-7,17H,3,8-16H2,1-2H3. The van der Waals surface area contributed by atoms with Gasteiger partial charge in [0.25, 0.3) is 5.91 Å². The first kappa shape index (κ1) is 25.1. The van der Waals surface area contributed by atoms with E-state index in [1.165, 1.54) is 12.1 Å². The van der Waals surface area contributed by atoms with E-state index in [9.17, 15) is 22.8 Å². The summed E-state index contributed by atoms with van der Waals surface area (Å²) in [5.41, 5.74) is 0. The maximum atomic E-state index is 12.7. The first-order valence-corrected chi connectivity index (χ1v) is 11.2. The summed E-state index contributed by atoms with van der Waals surface area (Å²) in [6.07, 6.45) is -5.55. The van der Waals surface area contributed by atoms with E-state index in [4.69, 9.17) is 4.74 Å². The van der Waals surface area contributed by atoms with Gasteiger partial charge in [0.05, 0.1) is 6.54 Å². The van der Waals surface area contributed by atoms with E-state index in [1.54, 1.807) is 11.8 Å². The first-order chi connectivity index (χ1) is 15.6. The molecular weight excluding hydrogens is 441 g/mol. The van der Waals surface area contributed by atoms with Crippen molar-refractivity contribution in [1.29, 1.82) is 0 Å². The van der Waals surface area contributed by atoms with E-state index in [1.807, 2.05) is 4.90 Å². The van der Waals surface area contributed by atoms with Crippen LogP contribution in [0.3, 0.4) is 0 Å². The molecule has 0 aromatic heterocycles. The minimum Gasteiger partial charge on any atom is -0.481 e. The average Bonchev–Trinajstić information content (AvgIpc) is 2.79. The summed E-state index contributed by atoms with van der Waals surface area (Å²) in [5.74, 6) is -0.156. The molecule has 2 aliphatic rings. The lowest BCUT2D eigenvalue weighted by molar-refractivity contribution is -0.274. The Morgan fingerprint density at radius 2 is 1.39 bits per heavy atom. The number of halogens is 3. The number of rotatable bonds is 7. The van der Waals surface area contributed by atoms with Gasteiger partial charge in [0.2, 0.25) is 5.91 Å². The molecular formula is C22H31F3N4O4. The molecule has 1 unspecified atom stereocenters. The molecule has 0 aliphatic carbocycles. The van der Waals surface area contributed by atoms with Crippen LogP contribution in [0.25, 0.3) is 0 Å². The molecule has 0 spiro atoms. The molecule has 1 atom stereocenters. The van der Waals surface area contributed by atoms with Crippen molar-refractivity contribution < 1.29 is 32.2 Å². The van der Waals surface area contributed by atoms with Crippen LogP contribution in [0, 0.1) is 0 Å². The number of likely N-dealkylation sites (N-methyl/N-ethyl adjacent to an activating group) is 1. The van der Waals surface area contributed by atoms with Crippen molar-refractivity contribution in [3.05, 3.63) is 24.3 Å². The summed E-state index contributed by atoms with van der Waals surface area (Å²) in [4.78, 5) is 33.3. The average molecular weight is 473 g/mol. The van der Waals surface area contributed by atoms with Gasteiger partial charge >= 0.3 is 6.36 Å². The van der Waals surface area contributed by atoms with E-state index in [0.717, 1.165) is 44.9 Å². The van der Waals surface area contributed by atoms with Crippen LogP contribution >= 0.6 is 0 Å². The predicted octanol–water partition coefficient (Wildman–Crippen LogP) is 1.66. The maximum Gasteiger partial charge on any atom is 0.573 e. The molecule has 8 nitrogen and oxygen atoms in total. The monoisotopic (exact) mass is 472 g/mol. The molecule has 2 aliphatic heterocycles. The van der Waals surface area contributed by atoms with Crippen LogP contribution in [-0.4, -0.2) is 109 Å². The Bertz CT molecular complexity index is 790. The zero-order chi connectivity index (χ0) is 24.0. The van der Waals surface area contributed by atoms with Crippen molar-refractivity contribution in [1.82, 2.24) is 19.6 Å². The number of ether oxygens (including phenoxy) is 2. The van der Waals surface area contributed by atoms with Gasteiger partial charge in [-0.25, -0.2) is 0 Å². The quantitative estimate of drug-likeness (QED) is 0.602. The van der Waals surface area contributed by atoms with Gasteiger partial charge in [0, 0.05) is 52.4 Å². The molecule has 33 heavy (non-hydrogen) atoms. The lowest BCUT2D eigenvalue weighted by Gasteiger charge is -2.38. The highest BCUT2D eigenvalue weighted by Gasteiger charge is 2.31. The Balaban J connectivity index is 1.41. The molecule has 2 saturated heterocycles. The van der Waals surface area contributed by atoms with E-state index >= 15 is 0 Å². The number of hydrogen-bond donors (Lipinski definition) is 0. The third-order valence-corrected chi connectivity index (χ3v) is 5.93. The third-order valence-electron chi connectivity index (χ3n) is 5.93. The zero-order valence-corrected chi connectivity index (χ0v) is 19.0. The fraction of sp³-hybridized carbons (Fsp3) is 0.636. The minimum absolute atomic E-state index is 0.125. The molecule has 2 fully saturated rings. The zero-order valence-electron chi connectivity index (χ0n) is 19.0. The van der Waals surface area contributed by atoms with Crippen molar-refractivity contribution >= 4 is 11.8 Å². The largest absolute Gasteiger partial charge is 0.573 e. The Kier molecular flexibility index (Phi) is 8.41. The molecule has 1 aromatic carbocycles. The first-order valence-electron chi connectivity index (χ1n) is 11.2. The van der Waals surface area contributed by atoms with Gasteiger partial charge in [-0.15, -0.1) is 13.2 Å². The van der Waals surface area contributed by atoms with Gasteiger partial charge in [0.15, 0.2) is 6.10 Å². The second-order valence-electron chi connectivity index (χ2n) is 8.20. The Morgan fingerprint density at radius 3 is 1.94 bits per heavy atom. The van der Waals surface area contributed by atoms with Crippen LogP contribution in [0.4, 0.5) is 13.2 Å². The summed E-state index contributed by atoms with van der Waals surface area (Å²) in [6, 6.07) is 4.93. The van der Waals surface area contributed by atoms with Gasteiger partial charge < -0.3 is 24.2 Å². The highest BCUT2D eigenvalue weighted by molar-refractivity contribution is 5.81. The molecule has 0 N–H and O–H groups in total. The van der Waals surface area contributed by atoms with Gasteiger partial charge in [0.1, 0.15) is 11.5 Å². The predicted molar refractivity (Wildman–Crippen MR) is 115 cm³/mol. The molecule has 2 heterocycles. The second kappa shape index (κ2) is 11.1. The molecule has 0 bridgehead atoms. The van der Waals surface area contributed by atoms with Crippen LogP contribution in [-0.2, 0) is 9.59 Å². The number of hydrogen-bond acceptors (Lipinski definition) is 6. The number of carbonyl (C=O) groups is 2. The number of piperazine rings is 2. The topological polar surface area (TPSA) is 65.6 Å². The maximum absolute atomic E-state index is 12.7. The lowest BCUT2D eigenvalue weighted by Crippen LogP contribution is -2.55. The Hall–Kier alpha value is -2.53. The fourth-order valence-electron chi connectivity index (χ4n) is 3.96. The van der Waals surface area contributed by atoms with Gasteiger partial charge in [-0.1, -0.05) is 6.92 Å². The number of alkyl halides is 3. The van der Waals surface area contributed by atoms with E-state index < -0.39 is 12.5 Å². The molecule has 2 amide bonds.